The maximum absolute atomic E-state index is 12.2. The molecule has 0 aromatic rings. The Bertz CT molecular complexity index is 286. The van der Waals surface area contributed by atoms with Crippen molar-refractivity contribution in [2.24, 2.45) is 5.92 Å². The quantitative estimate of drug-likeness (QED) is 0.704. The molecule has 0 saturated carbocycles. The topological polar surface area (TPSA) is 49.4 Å². The van der Waals surface area contributed by atoms with Crippen LogP contribution in [0.15, 0.2) is 0 Å². The fourth-order valence-electron chi connectivity index (χ4n) is 2.44. The number of carbonyl (C=O) groups is 1. The average molecular weight is 244 g/mol. The van der Waals surface area contributed by atoms with Crippen molar-refractivity contribution >= 4 is 16.7 Å². The van der Waals surface area contributed by atoms with Crippen molar-refractivity contribution in [3.8, 4) is 0 Å². The number of hydrogen-bond donors (Lipinski definition) is 1. The van der Waals surface area contributed by atoms with Gasteiger partial charge in [-0.1, -0.05) is 6.92 Å². The number of rotatable bonds is 1. The van der Waals surface area contributed by atoms with Gasteiger partial charge in [-0.15, -0.1) is 0 Å². The van der Waals surface area contributed by atoms with Crippen LogP contribution in [0.1, 0.15) is 19.8 Å². The van der Waals surface area contributed by atoms with E-state index in [-0.39, 0.29) is 11.9 Å². The average Bonchev–Trinajstić information content (AvgIpc) is 2.30. The Hall–Kier alpha value is -0.420. The minimum absolute atomic E-state index is 0.0136. The third kappa shape index (κ3) is 2.63. The molecule has 0 aliphatic carbocycles. The molecule has 2 aliphatic rings. The van der Waals surface area contributed by atoms with E-state index >= 15 is 0 Å². The van der Waals surface area contributed by atoms with Crippen LogP contribution in [0.4, 0.5) is 0 Å². The smallest absolute Gasteiger partial charge is 0.240 e. The summed E-state index contributed by atoms with van der Waals surface area (Å²) in [7, 11) is -0.705. The van der Waals surface area contributed by atoms with Crippen molar-refractivity contribution in [1.82, 2.24) is 10.2 Å². The summed E-state index contributed by atoms with van der Waals surface area (Å²) >= 11 is 0. The molecule has 5 heteroatoms. The van der Waals surface area contributed by atoms with Gasteiger partial charge in [-0.2, -0.15) is 0 Å². The Kier molecular flexibility index (Phi) is 3.97. The standard InChI is InChI=1S/C11H20N2O2S/c1-9-3-2-4-12-10(9)11(14)13-5-7-16(15)8-6-13/h9-10,12H,2-8H2,1H3. The van der Waals surface area contributed by atoms with Crippen molar-refractivity contribution in [2.75, 3.05) is 31.1 Å². The van der Waals surface area contributed by atoms with Gasteiger partial charge in [-0.3, -0.25) is 9.00 Å². The predicted molar refractivity (Wildman–Crippen MR) is 64.6 cm³/mol. The first-order valence-electron chi connectivity index (χ1n) is 6.05. The van der Waals surface area contributed by atoms with E-state index in [1.807, 2.05) is 4.90 Å². The summed E-state index contributed by atoms with van der Waals surface area (Å²) in [6.07, 6.45) is 2.29. The molecule has 2 aliphatic heterocycles. The minimum atomic E-state index is -0.705. The van der Waals surface area contributed by atoms with E-state index in [1.54, 1.807) is 0 Å². The molecular weight excluding hydrogens is 224 g/mol. The normalized spacial score (nSPS) is 32.7. The summed E-state index contributed by atoms with van der Waals surface area (Å²) in [4.78, 5) is 14.1. The Morgan fingerprint density at radius 2 is 2.06 bits per heavy atom. The van der Waals surface area contributed by atoms with Crippen molar-refractivity contribution in [1.29, 1.82) is 0 Å². The van der Waals surface area contributed by atoms with Gasteiger partial charge in [0.2, 0.25) is 5.91 Å². The summed E-state index contributed by atoms with van der Waals surface area (Å²) in [6.45, 7) is 4.41. The summed E-state index contributed by atoms with van der Waals surface area (Å²) in [5.74, 6) is 1.93. The number of piperidine rings is 1. The molecule has 2 unspecified atom stereocenters. The molecule has 2 saturated heterocycles. The van der Waals surface area contributed by atoms with Crippen LogP contribution in [0.3, 0.4) is 0 Å². The number of hydrogen-bond acceptors (Lipinski definition) is 3. The molecule has 0 radical (unpaired) electrons. The summed E-state index contributed by atoms with van der Waals surface area (Å²) in [6, 6.07) is -0.0136. The van der Waals surface area contributed by atoms with Gasteiger partial charge in [0.05, 0.1) is 6.04 Å². The lowest BCUT2D eigenvalue weighted by Gasteiger charge is -2.35. The third-order valence-corrected chi connectivity index (χ3v) is 4.80. The van der Waals surface area contributed by atoms with Crippen LogP contribution in [0, 0.1) is 5.92 Å². The van der Waals surface area contributed by atoms with Crippen LogP contribution >= 0.6 is 0 Å². The minimum Gasteiger partial charge on any atom is -0.339 e. The highest BCUT2D eigenvalue weighted by Crippen LogP contribution is 2.18. The van der Waals surface area contributed by atoms with Gasteiger partial charge in [0.25, 0.3) is 0 Å². The first-order chi connectivity index (χ1) is 7.68. The van der Waals surface area contributed by atoms with Crippen LogP contribution in [-0.4, -0.2) is 52.2 Å². The van der Waals surface area contributed by atoms with Gasteiger partial charge in [-0.05, 0) is 25.3 Å². The molecule has 1 amide bonds. The van der Waals surface area contributed by atoms with Crippen LogP contribution in [0.5, 0.6) is 0 Å². The molecular formula is C11H20N2O2S. The molecule has 1 N–H and O–H groups in total. The number of nitrogens with zero attached hydrogens (tertiary/aromatic N) is 1. The van der Waals surface area contributed by atoms with Crippen molar-refractivity contribution in [3.63, 3.8) is 0 Å². The molecule has 0 bridgehead atoms. The summed E-state index contributed by atoms with van der Waals surface area (Å²) < 4.78 is 11.2. The van der Waals surface area contributed by atoms with Crippen molar-refractivity contribution in [3.05, 3.63) is 0 Å². The Labute approximate surface area is 99.2 Å². The fraction of sp³-hybridized carbons (Fsp3) is 0.909. The molecule has 2 fully saturated rings. The van der Waals surface area contributed by atoms with E-state index < -0.39 is 10.8 Å². The van der Waals surface area contributed by atoms with E-state index in [2.05, 4.69) is 12.2 Å². The monoisotopic (exact) mass is 244 g/mol. The Balaban J connectivity index is 1.93. The number of nitrogens with one attached hydrogen (secondary N) is 1. The van der Waals surface area contributed by atoms with Gasteiger partial charge in [0.1, 0.15) is 0 Å². The SMILES string of the molecule is CC1CCCNC1C(=O)N1CCS(=O)CC1. The van der Waals surface area contributed by atoms with Crippen molar-refractivity contribution < 1.29 is 9.00 Å². The van der Waals surface area contributed by atoms with E-state index in [0.717, 1.165) is 19.4 Å². The third-order valence-electron chi connectivity index (χ3n) is 3.53. The van der Waals surface area contributed by atoms with Crippen LogP contribution < -0.4 is 5.32 Å². The van der Waals surface area contributed by atoms with Gasteiger partial charge < -0.3 is 10.2 Å². The second-order valence-corrected chi connectivity index (χ2v) is 6.42. The van der Waals surface area contributed by atoms with Crippen LogP contribution in [0.25, 0.3) is 0 Å². The highest BCUT2D eigenvalue weighted by Gasteiger charge is 2.32. The second kappa shape index (κ2) is 5.27. The summed E-state index contributed by atoms with van der Waals surface area (Å²) in [5, 5.41) is 3.31. The van der Waals surface area contributed by atoms with E-state index in [0.29, 0.717) is 30.5 Å². The zero-order chi connectivity index (χ0) is 11.5. The Morgan fingerprint density at radius 3 is 2.69 bits per heavy atom. The van der Waals surface area contributed by atoms with Gasteiger partial charge in [-0.25, -0.2) is 0 Å². The zero-order valence-electron chi connectivity index (χ0n) is 9.78. The molecule has 0 spiro atoms. The zero-order valence-corrected chi connectivity index (χ0v) is 10.6. The predicted octanol–water partition coefficient (Wildman–Crippen LogP) is -0.0346. The molecule has 2 atom stereocenters. The molecule has 2 heterocycles. The first-order valence-corrected chi connectivity index (χ1v) is 7.54. The maximum Gasteiger partial charge on any atom is 0.240 e. The highest BCUT2D eigenvalue weighted by molar-refractivity contribution is 7.85. The van der Waals surface area contributed by atoms with Crippen molar-refractivity contribution in [2.45, 2.75) is 25.8 Å². The highest BCUT2D eigenvalue weighted by atomic mass is 32.2. The molecule has 0 aromatic carbocycles. The van der Waals surface area contributed by atoms with Gasteiger partial charge in [0.15, 0.2) is 0 Å². The lowest BCUT2D eigenvalue weighted by atomic mass is 9.92. The molecule has 0 aromatic heterocycles. The molecule has 16 heavy (non-hydrogen) atoms. The van der Waals surface area contributed by atoms with Crippen LogP contribution in [0.2, 0.25) is 0 Å². The first kappa shape index (κ1) is 12.0. The Morgan fingerprint density at radius 1 is 1.38 bits per heavy atom. The van der Waals surface area contributed by atoms with E-state index in [1.165, 1.54) is 0 Å². The summed E-state index contributed by atoms with van der Waals surface area (Å²) in [5.41, 5.74) is 0. The van der Waals surface area contributed by atoms with Crippen LogP contribution in [-0.2, 0) is 15.6 Å². The second-order valence-electron chi connectivity index (χ2n) is 4.72. The molecule has 92 valence electrons. The van der Waals surface area contributed by atoms with Gasteiger partial charge in [0, 0.05) is 35.4 Å². The molecule has 2 rings (SSSR count). The number of carbonyl (C=O) groups excluding carboxylic acids is 1. The van der Waals surface area contributed by atoms with Gasteiger partial charge >= 0.3 is 0 Å². The maximum atomic E-state index is 12.2. The lowest BCUT2D eigenvalue weighted by molar-refractivity contribution is -0.134. The number of amides is 1. The fourth-order valence-corrected chi connectivity index (χ4v) is 3.49. The van der Waals surface area contributed by atoms with E-state index in [4.69, 9.17) is 0 Å². The molecule has 4 nitrogen and oxygen atoms in total. The lowest BCUT2D eigenvalue weighted by Crippen LogP contribution is -2.54. The van der Waals surface area contributed by atoms with E-state index in [9.17, 15) is 9.00 Å². The largest absolute Gasteiger partial charge is 0.339 e.